The molecule has 1 aliphatic carbocycles. The second-order valence-corrected chi connectivity index (χ2v) is 4.90. The van der Waals surface area contributed by atoms with Crippen molar-refractivity contribution >= 4 is 17.8 Å². The standard InChI is InChI=1S/C14H13N5O3/c20-14(13-10-5-3-6-11(10)16-17-13)18-15-8-9-4-1-2-7-12(9)19(21)22/h1-2,4,7-8H,3,5-6H2,(H,16,17)(H,18,20). The number of aromatic amines is 1. The first-order valence-electron chi connectivity index (χ1n) is 6.80. The third kappa shape index (κ3) is 2.58. The van der Waals surface area contributed by atoms with Crippen molar-refractivity contribution in [2.24, 2.45) is 5.10 Å². The van der Waals surface area contributed by atoms with Gasteiger partial charge in [0, 0.05) is 17.3 Å². The van der Waals surface area contributed by atoms with Gasteiger partial charge in [-0.25, -0.2) is 5.43 Å². The Hall–Kier alpha value is -3.03. The highest BCUT2D eigenvalue weighted by molar-refractivity contribution is 5.95. The number of rotatable bonds is 4. The van der Waals surface area contributed by atoms with Crippen molar-refractivity contribution in [3.8, 4) is 0 Å². The third-order valence-electron chi connectivity index (χ3n) is 3.52. The van der Waals surface area contributed by atoms with Crippen LogP contribution in [0.15, 0.2) is 29.4 Å². The Morgan fingerprint density at radius 3 is 3.05 bits per heavy atom. The molecule has 112 valence electrons. The summed E-state index contributed by atoms with van der Waals surface area (Å²) in [5, 5.41) is 21.5. The van der Waals surface area contributed by atoms with Crippen molar-refractivity contribution in [1.82, 2.24) is 15.6 Å². The smallest absolute Gasteiger partial charge is 0.281 e. The monoisotopic (exact) mass is 299 g/mol. The van der Waals surface area contributed by atoms with E-state index in [1.807, 2.05) is 0 Å². The number of H-pyrrole nitrogens is 1. The van der Waals surface area contributed by atoms with Gasteiger partial charge in [-0.15, -0.1) is 0 Å². The average molecular weight is 299 g/mol. The summed E-state index contributed by atoms with van der Waals surface area (Å²) < 4.78 is 0. The Morgan fingerprint density at radius 1 is 1.41 bits per heavy atom. The molecule has 0 radical (unpaired) electrons. The highest BCUT2D eigenvalue weighted by Gasteiger charge is 2.22. The van der Waals surface area contributed by atoms with Gasteiger partial charge in [0.25, 0.3) is 11.6 Å². The molecule has 2 N–H and O–H groups in total. The minimum atomic E-state index is -0.496. The first kappa shape index (κ1) is 13.9. The number of aryl methyl sites for hydroxylation is 1. The summed E-state index contributed by atoms with van der Waals surface area (Å²) in [5.74, 6) is -0.422. The van der Waals surface area contributed by atoms with Crippen molar-refractivity contribution in [3.05, 3.63) is 56.9 Å². The number of benzene rings is 1. The van der Waals surface area contributed by atoms with Gasteiger partial charge in [0.15, 0.2) is 5.69 Å². The van der Waals surface area contributed by atoms with Gasteiger partial charge in [0.2, 0.25) is 0 Å². The van der Waals surface area contributed by atoms with E-state index in [1.165, 1.54) is 12.3 Å². The molecule has 1 aromatic heterocycles. The predicted molar refractivity (Wildman–Crippen MR) is 78.8 cm³/mol. The van der Waals surface area contributed by atoms with Gasteiger partial charge in [-0.2, -0.15) is 10.2 Å². The first-order valence-corrected chi connectivity index (χ1v) is 6.80. The zero-order valence-corrected chi connectivity index (χ0v) is 11.6. The molecular weight excluding hydrogens is 286 g/mol. The number of nitro benzene ring substituents is 1. The molecule has 0 saturated heterocycles. The summed E-state index contributed by atoms with van der Waals surface area (Å²) in [6.45, 7) is 0. The van der Waals surface area contributed by atoms with Gasteiger partial charge in [-0.1, -0.05) is 12.1 Å². The SMILES string of the molecule is O=C(NN=Cc1ccccc1[N+](=O)[O-])c1n[nH]c2c1CCC2. The van der Waals surface area contributed by atoms with Crippen LogP contribution in [0.25, 0.3) is 0 Å². The number of fused-ring (bicyclic) bond motifs is 1. The van der Waals surface area contributed by atoms with Gasteiger partial charge in [0.1, 0.15) is 0 Å². The van der Waals surface area contributed by atoms with Crippen molar-refractivity contribution in [2.75, 3.05) is 0 Å². The fourth-order valence-corrected chi connectivity index (χ4v) is 2.48. The van der Waals surface area contributed by atoms with Crippen molar-refractivity contribution in [1.29, 1.82) is 0 Å². The van der Waals surface area contributed by atoms with E-state index in [2.05, 4.69) is 20.7 Å². The van der Waals surface area contributed by atoms with E-state index in [0.29, 0.717) is 11.3 Å². The number of amides is 1. The van der Waals surface area contributed by atoms with Crippen LogP contribution < -0.4 is 5.43 Å². The van der Waals surface area contributed by atoms with E-state index >= 15 is 0 Å². The molecule has 0 unspecified atom stereocenters. The molecule has 22 heavy (non-hydrogen) atoms. The molecule has 0 aliphatic heterocycles. The molecule has 8 nitrogen and oxygen atoms in total. The van der Waals surface area contributed by atoms with E-state index in [9.17, 15) is 14.9 Å². The highest BCUT2D eigenvalue weighted by Crippen LogP contribution is 2.22. The molecule has 0 bridgehead atoms. The Balaban J connectivity index is 1.72. The van der Waals surface area contributed by atoms with Gasteiger partial charge >= 0.3 is 0 Å². The molecular formula is C14H13N5O3. The quantitative estimate of drug-likeness (QED) is 0.506. The van der Waals surface area contributed by atoms with Crippen LogP contribution in [-0.2, 0) is 12.8 Å². The molecule has 8 heteroatoms. The minimum Gasteiger partial charge on any atom is -0.281 e. The molecule has 1 heterocycles. The van der Waals surface area contributed by atoms with E-state index in [4.69, 9.17) is 0 Å². The van der Waals surface area contributed by atoms with Crippen LogP contribution in [0.3, 0.4) is 0 Å². The van der Waals surface area contributed by atoms with Gasteiger partial charge < -0.3 is 0 Å². The van der Waals surface area contributed by atoms with Gasteiger partial charge in [-0.05, 0) is 25.3 Å². The van der Waals surface area contributed by atoms with E-state index in [0.717, 1.165) is 30.5 Å². The van der Waals surface area contributed by atoms with Gasteiger partial charge in [-0.3, -0.25) is 20.0 Å². The normalized spacial score (nSPS) is 13.3. The van der Waals surface area contributed by atoms with Crippen molar-refractivity contribution in [2.45, 2.75) is 19.3 Å². The maximum Gasteiger partial charge on any atom is 0.292 e. The third-order valence-corrected chi connectivity index (χ3v) is 3.52. The fourth-order valence-electron chi connectivity index (χ4n) is 2.48. The molecule has 3 rings (SSSR count). The lowest BCUT2D eigenvalue weighted by Gasteiger charge is -1.99. The summed E-state index contributed by atoms with van der Waals surface area (Å²) in [5.41, 5.74) is 4.87. The lowest BCUT2D eigenvalue weighted by atomic mass is 10.2. The summed E-state index contributed by atoms with van der Waals surface area (Å²) >= 11 is 0. The first-order chi connectivity index (χ1) is 10.7. The number of nitrogens with zero attached hydrogens (tertiary/aromatic N) is 3. The van der Waals surface area contributed by atoms with Crippen LogP contribution in [-0.4, -0.2) is 27.2 Å². The second-order valence-electron chi connectivity index (χ2n) is 4.90. The zero-order chi connectivity index (χ0) is 15.5. The fraction of sp³-hybridized carbons (Fsp3) is 0.214. The number of nitrogens with one attached hydrogen (secondary N) is 2. The van der Waals surface area contributed by atoms with Crippen LogP contribution in [0.5, 0.6) is 0 Å². The number of hydrogen-bond donors (Lipinski definition) is 2. The highest BCUT2D eigenvalue weighted by atomic mass is 16.6. The topological polar surface area (TPSA) is 113 Å². The number of hydrazone groups is 1. The lowest BCUT2D eigenvalue weighted by Crippen LogP contribution is -2.19. The molecule has 2 aromatic rings. The Labute approximate surface area is 125 Å². The van der Waals surface area contributed by atoms with Gasteiger partial charge in [0.05, 0.1) is 16.7 Å². The number of carbonyl (C=O) groups excluding carboxylic acids is 1. The molecule has 0 spiro atoms. The maximum atomic E-state index is 12.0. The van der Waals surface area contributed by atoms with E-state index < -0.39 is 10.8 Å². The van der Waals surface area contributed by atoms with E-state index in [1.54, 1.807) is 18.2 Å². The molecule has 1 aliphatic rings. The number of nitro groups is 1. The van der Waals surface area contributed by atoms with Crippen LogP contribution in [0.2, 0.25) is 0 Å². The van der Waals surface area contributed by atoms with Crippen molar-refractivity contribution < 1.29 is 9.72 Å². The predicted octanol–water partition coefficient (Wildman–Crippen LogP) is 1.57. The Bertz CT molecular complexity index is 766. The van der Waals surface area contributed by atoms with Crippen LogP contribution >= 0.6 is 0 Å². The maximum absolute atomic E-state index is 12.0. The largest absolute Gasteiger partial charge is 0.292 e. The van der Waals surface area contributed by atoms with E-state index in [-0.39, 0.29) is 5.69 Å². The lowest BCUT2D eigenvalue weighted by molar-refractivity contribution is -0.385. The number of aromatic nitrogens is 2. The zero-order valence-electron chi connectivity index (χ0n) is 11.6. The molecule has 1 amide bonds. The number of carbonyl (C=O) groups is 1. The van der Waals surface area contributed by atoms with Crippen LogP contribution in [0.4, 0.5) is 5.69 Å². The summed E-state index contributed by atoms with van der Waals surface area (Å²) in [6, 6.07) is 6.17. The molecule has 0 atom stereocenters. The summed E-state index contributed by atoms with van der Waals surface area (Å²) in [7, 11) is 0. The van der Waals surface area contributed by atoms with Crippen molar-refractivity contribution in [3.63, 3.8) is 0 Å². The molecule has 0 saturated carbocycles. The molecule has 1 aromatic carbocycles. The van der Waals surface area contributed by atoms with Crippen LogP contribution in [0.1, 0.15) is 33.7 Å². The molecule has 0 fully saturated rings. The summed E-state index contributed by atoms with van der Waals surface area (Å²) in [6.07, 6.45) is 3.98. The average Bonchev–Trinajstić information content (AvgIpc) is 3.10. The Morgan fingerprint density at radius 2 is 2.23 bits per heavy atom. The second kappa shape index (κ2) is 5.76. The Kier molecular flexibility index (Phi) is 3.65. The minimum absolute atomic E-state index is 0.0684. The summed E-state index contributed by atoms with van der Waals surface area (Å²) in [4.78, 5) is 22.4. The number of para-hydroxylation sites is 1. The number of hydrogen-bond acceptors (Lipinski definition) is 5. The van der Waals surface area contributed by atoms with Crippen LogP contribution in [0, 0.1) is 10.1 Å².